The molecule has 1 aliphatic carbocycles. The number of aryl methyl sites for hydroxylation is 1. The van der Waals surface area contributed by atoms with Crippen molar-refractivity contribution in [2.45, 2.75) is 51.0 Å². The Morgan fingerprint density at radius 3 is 2.66 bits per heavy atom. The lowest BCUT2D eigenvalue weighted by Gasteiger charge is -2.30. The molecular weight excluding hydrogens is 388 g/mol. The summed E-state index contributed by atoms with van der Waals surface area (Å²) < 4.78 is 0. The number of benzene rings is 1. The first kappa shape index (κ1) is 19.6. The number of thiazole rings is 1. The fourth-order valence-electron chi connectivity index (χ4n) is 4.08. The van der Waals surface area contributed by atoms with Crippen molar-refractivity contribution >= 4 is 34.3 Å². The predicted octanol–water partition coefficient (Wildman–Crippen LogP) is 3.70. The van der Waals surface area contributed by atoms with E-state index in [1.165, 1.54) is 16.2 Å². The highest BCUT2D eigenvalue weighted by Gasteiger charge is 2.51. The van der Waals surface area contributed by atoms with Crippen LogP contribution in [0, 0.1) is 6.92 Å². The topological polar surface area (TPSA) is 91.4 Å². The molecule has 1 aliphatic heterocycles. The highest BCUT2D eigenvalue weighted by Crippen LogP contribution is 2.34. The van der Waals surface area contributed by atoms with Crippen LogP contribution in [-0.4, -0.2) is 39.8 Å². The summed E-state index contributed by atoms with van der Waals surface area (Å²) in [5.74, 6) is -0.449. The number of nitrogens with one attached hydrogen (secondary N) is 2. The van der Waals surface area contributed by atoms with Crippen LogP contribution in [0.1, 0.15) is 44.2 Å². The van der Waals surface area contributed by atoms with Gasteiger partial charge in [0.2, 0.25) is 5.91 Å². The Kier molecular flexibility index (Phi) is 5.36. The zero-order chi connectivity index (χ0) is 20.4. The maximum atomic E-state index is 12.8. The van der Waals surface area contributed by atoms with Crippen LogP contribution in [-0.2, 0) is 9.59 Å². The first-order valence-corrected chi connectivity index (χ1v) is 10.8. The van der Waals surface area contributed by atoms with Crippen LogP contribution in [0.25, 0.3) is 10.4 Å². The number of imide groups is 1. The van der Waals surface area contributed by atoms with Gasteiger partial charge < -0.3 is 10.6 Å². The fourth-order valence-corrected chi connectivity index (χ4v) is 5.06. The second kappa shape index (κ2) is 7.94. The molecule has 1 aromatic carbocycles. The number of carbonyl (C=O) groups excluding carboxylic acids is 3. The third kappa shape index (κ3) is 3.89. The van der Waals surface area contributed by atoms with Gasteiger partial charge in [0.1, 0.15) is 5.54 Å². The van der Waals surface area contributed by atoms with Gasteiger partial charge in [-0.2, -0.15) is 0 Å². The molecular formula is C21H24N4O3S. The number of anilines is 1. The van der Waals surface area contributed by atoms with Gasteiger partial charge in [0.25, 0.3) is 5.91 Å². The molecule has 1 spiro atoms. The van der Waals surface area contributed by atoms with Crippen molar-refractivity contribution in [3.8, 4) is 10.4 Å². The van der Waals surface area contributed by atoms with Crippen LogP contribution < -0.4 is 10.6 Å². The molecule has 2 heterocycles. The fraction of sp³-hybridized carbons (Fsp3) is 0.429. The van der Waals surface area contributed by atoms with Crippen molar-refractivity contribution in [1.82, 2.24) is 15.2 Å². The largest absolute Gasteiger partial charge is 0.325 e. The summed E-state index contributed by atoms with van der Waals surface area (Å²) in [5, 5.41) is 6.18. The quantitative estimate of drug-likeness (QED) is 0.733. The third-order valence-electron chi connectivity index (χ3n) is 5.59. The molecule has 2 aromatic rings. The van der Waals surface area contributed by atoms with E-state index in [2.05, 4.69) is 15.6 Å². The zero-order valence-corrected chi connectivity index (χ0v) is 17.2. The average Bonchev–Trinajstić information content (AvgIpc) is 3.18. The first-order chi connectivity index (χ1) is 14.0. The van der Waals surface area contributed by atoms with E-state index in [-0.39, 0.29) is 30.8 Å². The lowest BCUT2D eigenvalue weighted by molar-refractivity contribution is -0.132. The molecule has 0 atom stereocenters. The Bertz CT molecular complexity index is 935. The Labute approximate surface area is 173 Å². The van der Waals surface area contributed by atoms with Gasteiger partial charge in [0, 0.05) is 13.0 Å². The molecule has 0 radical (unpaired) electrons. The number of nitrogens with zero attached hydrogens (tertiary/aromatic N) is 2. The molecule has 0 bridgehead atoms. The van der Waals surface area contributed by atoms with Crippen LogP contribution >= 0.6 is 11.3 Å². The molecule has 8 heteroatoms. The van der Waals surface area contributed by atoms with E-state index in [0.717, 1.165) is 35.4 Å². The smallest absolute Gasteiger partial charge is 0.323 e. The monoisotopic (exact) mass is 412 g/mol. The lowest BCUT2D eigenvalue weighted by atomic mass is 9.82. The summed E-state index contributed by atoms with van der Waals surface area (Å²) in [6.45, 7) is 1.99. The summed E-state index contributed by atoms with van der Waals surface area (Å²) in [4.78, 5) is 44.1. The van der Waals surface area contributed by atoms with Crippen LogP contribution in [0.3, 0.4) is 0 Å². The number of rotatable bonds is 5. The average molecular weight is 413 g/mol. The van der Waals surface area contributed by atoms with Crippen molar-refractivity contribution in [3.05, 3.63) is 36.0 Å². The van der Waals surface area contributed by atoms with Crippen LogP contribution in [0.2, 0.25) is 0 Å². The van der Waals surface area contributed by atoms with Crippen LogP contribution in [0.15, 0.2) is 30.3 Å². The van der Waals surface area contributed by atoms with E-state index in [1.807, 2.05) is 37.3 Å². The maximum absolute atomic E-state index is 12.8. The van der Waals surface area contributed by atoms with E-state index in [1.54, 1.807) is 0 Å². The number of aromatic nitrogens is 1. The Morgan fingerprint density at radius 1 is 1.21 bits per heavy atom. The van der Waals surface area contributed by atoms with Gasteiger partial charge >= 0.3 is 6.03 Å². The minimum atomic E-state index is -0.747. The zero-order valence-electron chi connectivity index (χ0n) is 16.4. The van der Waals surface area contributed by atoms with Crippen LogP contribution in [0.4, 0.5) is 9.93 Å². The molecule has 0 unspecified atom stereocenters. The minimum absolute atomic E-state index is 0.0501. The highest BCUT2D eigenvalue weighted by atomic mass is 32.1. The molecule has 4 amide bonds. The van der Waals surface area contributed by atoms with Gasteiger partial charge in [-0.25, -0.2) is 9.78 Å². The normalized spacial score (nSPS) is 18.2. The van der Waals surface area contributed by atoms with Crippen molar-refractivity contribution in [3.63, 3.8) is 0 Å². The molecule has 1 saturated heterocycles. The number of amides is 4. The number of urea groups is 1. The molecule has 1 aromatic heterocycles. The van der Waals surface area contributed by atoms with Gasteiger partial charge in [-0.1, -0.05) is 60.9 Å². The van der Waals surface area contributed by atoms with Crippen molar-refractivity contribution in [2.75, 3.05) is 11.9 Å². The van der Waals surface area contributed by atoms with Crippen LogP contribution in [0.5, 0.6) is 0 Å². The standard InChI is InChI=1S/C21H24N4O3S/c1-14-17(15-8-4-2-5-9-15)29-19(22-14)23-16(26)10-13-25-18(27)21(24-20(25)28)11-6-3-7-12-21/h2,4-5,8-9H,3,6-7,10-13H2,1H3,(H,24,28)(H,22,23,26). The number of carbonyl (C=O) groups is 3. The summed E-state index contributed by atoms with van der Waals surface area (Å²) >= 11 is 1.41. The van der Waals surface area contributed by atoms with Crippen molar-refractivity contribution in [1.29, 1.82) is 0 Å². The van der Waals surface area contributed by atoms with E-state index in [0.29, 0.717) is 18.0 Å². The molecule has 1 saturated carbocycles. The lowest BCUT2D eigenvalue weighted by Crippen LogP contribution is -2.48. The predicted molar refractivity (Wildman–Crippen MR) is 112 cm³/mol. The maximum Gasteiger partial charge on any atom is 0.325 e. The highest BCUT2D eigenvalue weighted by molar-refractivity contribution is 7.19. The van der Waals surface area contributed by atoms with Crippen molar-refractivity contribution < 1.29 is 14.4 Å². The molecule has 2 aliphatic rings. The molecule has 4 rings (SSSR count). The number of hydrogen-bond acceptors (Lipinski definition) is 5. The van der Waals surface area contributed by atoms with Crippen molar-refractivity contribution in [2.24, 2.45) is 0 Å². The van der Waals surface area contributed by atoms with Gasteiger partial charge in [-0.3, -0.25) is 14.5 Å². The van der Waals surface area contributed by atoms with Gasteiger partial charge in [0.05, 0.1) is 10.6 Å². The Hall–Kier alpha value is -2.74. The summed E-state index contributed by atoms with van der Waals surface area (Å²) in [7, 11) is 0. The minimum Gasteiger partial charge on any atom is -0.323 e. The van der Waals surface area contributed by atoms with E-state index < -0.39 is 5.54 Å². The van der Waals surface area contributed by atoms with E-state index in [4.69, 9.17) is 0 Å². The van der Waals surface area contributed by atoms with Gasteiger partial charge in [-0.15, -0.1) is 0 Å². The number of hydrogen-bond donors (Lipinski definition) is 2. The molecule has 7 nitrogen and oxygen atoms in total. The SMILES string of the molecule is Cc1nc(NC(=O)CCN2C(=O)NC3(CCCCC3)C2=O)sc1-c1ccccc1. The summed E-state index contributed by atoms with van der Waals surface area (Å²) in [6.07, 6.45) is 4.38. The molecule has 29 heavy (non-hydrogen) atoms. The Morgan fingerprint density at radius 2 is 1.93 bits per heavy atom. The second-order valence-corrected chi connectivity index (χ2v) is 8.63. The third-order valence-corrected chi connectivity index (χ3v) is 6.72. The second-order valence-electron chi connectivity index (χ2n) is 7.63. The van der Waals surface area contributed by atoms with E-state index >= 15 is 0 Å². The molecule has 152 valence electrons. The van der Waals surface area contributed by atoms with Gasteiger partial charge in [0.15, 0.2) is 5.13 Å². The van der Waals surface area contributed by atoms with E-state index in [9.17, 15) is 14.4 Å². The molecule has 2 fully saturated rings. The van der Waals surface area contributed by atoms with Gasteiger partial charge in [-0.05, 0) is 25.3 Å². The summed E-state index contributed by atoms with van der Waals surface area (Å²) in [5.41, 5.74) is 1.16. The molecule has 2 N–H and O–H groups in total. The summed E-state index contributed by atoms with van der Waals surface area (Å²) in [6, 6.07) is 9.50. The Balaban J connectivity index is 1.36. The first-order valence-electron chi connectivity index (χ1n) is 9.95.